The van der Waals surface area contributed by atoms with Gasteiger partial charge in [0.25, 0.3) is 0 Å². The molecule has 0 amide bonds. The third-order valence-corrected chi connectivity index (χ3v) is 10.7. The Morgan fingerprint density at radius 1 is 0.742 bits per heavy atom. The van der Waals surface area contributed by atoms with Crippen molar-refractivity contribution in [2.75, 3.05) is 7.11 Å². The molecule has 8 saturated carbocycles. The van der Waals surface area contributed by atoms with E-state index >= 15 is 0 Å². The van der Waals surface area contributed by atoms with E-state index in [-0.39, 0.29) is 34.8 Å². The van der Waals surface area contributed by atoms with Gasteiger partial charge in [0.2, 0.25) is 0 Å². The summed E-state index contributed by atoms with van der Waals surface area (Å²) in [5.41, 5.74) is 1.96. The second-order valence-electron chi connectivity index (χ2n) is 12.3. The summed E-state index contributed by atoms with van der Waals surface area (Å²) in [6.07, 6.45) is 17.4. The maximum atomic E-state index is 7.00. The van der Waals surface area contributed by atoms with Gasteiger partial charge in [0, 0.05) is 38.5 Å². The molecule has 0 heterocycles. The zero-order valence-corrected chi connectivity index (χ0v) is 21.7. The molecular weight excluding hydrogens is 587 g/mol. The Bertz CT molecular complexity index is 696. The van der Waals surface area contributed by atoms with Crippen molar-refractivity contribution in [3.05, 3.63) is 30.3 Å². The van der Waals surface area contributed by atoms with Crippen LogP contribution in [-0.2, 0) is 27.2 Å². The van der Waals surface area contributed by atoms with Crippen LogP contribution in [0.5, 0.6) is 0 Å². The molecule has 174 valence electrons. The topological polar surface area (TPSA) is 9.23 Å². The molecule has 4 heteroatoms. The summed E-state index contributed by atoms with van der Waals surface area (Å²) in [6.45, 7) is 0. The van der Waals surface area contributed by atoms with Gasteiger partial charge < -0.3 is 12.4 Å². The quantitative estimate of drug-likeness (QED) is 0.217. The number of nitrogens with zero attached hydrogens (tertiary/aromatic N) is 1. The molecular formula is C27H37AuClNO. The normalized spacial score (nSPS) is 48.0. The van der Waals surface area contributed by atoms with Crippen molar-refractivity contribution >= 4 is 5.69 Å². The van der Waals surface area contributed by atoms with Gasteiger partial charge in [-0.15, -0.1) is 12.1 Å². The fraction of sp³-hybridized carbons (Fsp3) is 0.778. The van der Waals surface area contributed by atoms with Crippen molar-refractivity contribution in [3.63, 3.8) is 0 Å². The fourth-order valence-electron chi connectivity index (χ4n) is 11.0. The Labute approximate surface area is 210 Å². The van der Waals surface area contributed by atoms with E-state index in [9.17, 15) is 0 Å². The largest absolute Gasteiger partial charge is 1.00 e. The fourth-order valence-corrected chi connectivity index (χ4v) is 11.0. The van der Waals surface area contributed by atoms with Crippen molar-refractivity contribution in [1.82, 2.24) is 4.65 Å². The van der Waals surface area contributed by atoms with Crippen LogP contribution < -0.4 is 17.1 Å². The molecule has 0 N–H and O–H groups in total. The van der Waals surface area contributed by atoms with E-state index in [4.69, 9.17) is 4.84 Å². The Hall–Kier alpha value is 0.170. The smallest absolute Gasteiger partial charge is 1.00 e. The molecule has 0 aliphatic heterocycles. The van der Waals surface area contributed by atoms with E-state index in [1.165, 1.54) is 82.7 Å². The molecule has 0 saturated heterocycles. The van der Waals surface area contributed by atoms with E-state index in [2.05, 4.69) is 37.4 Å². The standard InChI is InChI=1S/C27H37NO.Au.ClH/c1-29-28(25-5-3-2-4-6-25,26-13-19-7-20(14-26)9-21(8-19)15-26)27-16-22-10-23(17-27)12-24(11-22)18-27;;/h2-5,19-24H,7-18H2,1H3;;1H/q;+1;/p-1. The van der Waals surface area contributed by atoms with Crippen LogP contribution in [-0.4, -0.2) is 18.2 Å². The van der Waals surface area contributed by atoms with Crippen molar-refractivity contribution in [1.29, 1.82) is 0 Å². The molecule has 0 radical (unpaired) electrons. The molecule has 1 aromatic carbocycles. The first-order valence-electron chi connectivity index (χ1n) is 12.6. The molecule has 31 heavy (non-hydrogen) atoms. The molecule has 0 atom stereocenters. The van der Waals surface area contributed by atoms with Crippen LogP contribution in [0, 0.1) is 41.6 Å². The summed E-state index contributed by atoms with van der Waals surface area (Å²) in [6, 6.07) is 12.7. The molecule has 0 aromatic heterocycles. The van der Waals surface area contributed by atoms with E-state index in [1.54, 1.807) is 0 Å². The molecule has 9 rings (SSSR count). The van der Waals surface area contributed by atoms with Crippen LogP contribution in [0.3, 0.4) is 0 Å². The third-order valence-electron chi connectivity index (χ3n) is 10.7. The Kier molecular flexibility index (Phi) is 5.81. The molecule has 8 bridgehead atoms. The third kappa shape index (κ3) is 3.01. The second-order valence-corrected chi connectivity index (χ2v) is 12.3. The molecule has 1 aromatic rings. The number of para-hydroxylation sites is 1. The molecule has 8 fully saturated rings. The van der Waals surface area contributed by atoms with E-state index < -0.39 is 0 Å². The van der Waals surface area contributed by atoms with Crippen LogP contribution in [0.1, 0.15) is 77.0 Å². The minimum absolute atomic E-state index is 0. The van der Waals surface area contributed by atoms with Gasteiger partial charge in [0.1, 0.15) is 11.1 Å². The average molecular weight is 624 g/mol. The van der Waals surface area contributed by atoms with Gasteiger partial charge in [0.05, 0.1) is 12.8 Å². The van der Waals surface area contributed by atoms with Crippen molar-refractivity contribution in [2.24, 2.45) is 35.5 Å². The maximum absolute atomic E-state index is 7.00. The first-order valence-corrected chi connectivity index (χ1v) is 12.6. The van der Waals surface area contributed by atoms with Crippen LogP contribution >= 0.6 is 0 Å². The molecule has 8 aliphatic rings. The first kappa shape index (κ1) is 22.9. The van der Waals surface area contributed by atoms with Gasteiger partial charge in [-0.1, -0.05) is 0 Å². The van der Waals surface area contributed by atoms with E-state index in [0.717, 1.165) is 40.2 Å². The number of hydrogen-bond donors (Lipinski definition) is 0. The van der Waals surface area contributed by atoms with Gasteiger partial charge >= 0.3 is 22.4 Å². The van der Waals surface area contributed by atoms with Crippen LogP contribution in [0.4, 0.5) is 5.69 Å². The first-order chi connectivity index (χ1) is 14.1. The van der Waals surface area contributed by atoms with E-state index in [1.807, 2.05) is 0 Å². The maximum Gasteiger partial charge on any atom is 1.00 e. The van der Waals surface area contributed by atoms with Gasteiger partial charge in [-0.25, -0.2) is 4.84 Å². The molecule has 2 nitrogen and oxygen atoms in total. The zero-order valence-electron chi connectivity index (χ0n) is 18.8. The Balaban J connectivity index is 0.00000102. The number of quaternary nitrogens is 1. The number of rotatable bonds is 4. The summed E-state index contributed by atoms with van der Waals surface area (Å²) in [5.74, 6) is 5.70. The summed E-state index contributed by atoms with van der Waals surface area (Å²) in [7, 11) is 2.07. The molecule has 0 spiro atoms. The van der Waals surface area contributed by atoms with Crippen molar-refractivity contribution < 1.29 is 39.6 Å². The number of halogens is 1. The van der Waals surface area contributed by atoms with Gasteiger partial charge in [-0.3, -0.25) is 0 Å². The predicted octanol–water partition coefficient (Wildman–Crippen LogP) is 3.29. The number of hydroxylamine groups is 2. The monoisotopic (exact) mass is 623 g/mol. The van der Waals surface area contributed by atoms with Crippen molar-refractivity contribution in [2.45, 2.75) is 88.1 Å². The van der Waals surface area contributed by atoms with Crippen molar-refractivity contribution in [3.8, 4) is 0 Å². The second kappa shape index (κ2) is 7.85. The van der Waals surface area contributed by atoms with Gasteiger partial charge in [-0.05, 0) is 74.0 Å². The minimum Gasteiger partial charge on any atom is -1.00 e. The minimum atomic E-state index is 0. The predicted molar refractivity (Wildman–Crippen MR) is 116 cm³/mol. The number of hydrogen-bond acceptors (Lipinski definition) is 1. The Morgan fingerprint density at radius 2 is 1.13 bits per heavy atom. The summed E-state index contributed by atoms with van der Waals surface area (Å²) in [5, 5.41) is 0. The van der Waals surface area contributed by atoms with Gasteiger partial charge in [0.15, 0.2) is 0 Å². The molecule has 0 unspecified atom stereocenters. The van der Waals surface area contributed by atoms with Gasteiger partial charge in [-0.2, -0.15) is 22.8 Å². The van der Waals surface area contributed by atoms with Crippen LogP contribution in [0.2, 0.25) is 0 Å². The molecule has 8 aliphatic carbocycles. The zero-order chi connectivity index (χ0) is 19.3. The van der Waals surface area contributed by atoms with Crippen LogP contribution in [0.25, 0.3) is 0 Å². The van der Waals surface area contributed by atoms with E-state index in [0.29, 0.717) is 11.1 Å². The Morgan fingerprint density at radius 3 is 1.42 bits per heavy atom. The summed E-state index contributed by atoms with van der Waals surface area (Å²) < 4.78 is 0.841. The SMILES string of the molecule is CO[N+](c1[c-]cccc1)(C12CC3CC(CC(C3)C1)C2)C12CC3CC(CC(C3)C1)C2.[Au+].[Cl-]. The average Bonchev–Trinajstić information content (AvgIpc) is 2.67. The summed E-state index contributed by atoms with van der Waals surface area (Å²) >= 11 is 0. The summed E-state index contributed by atoms with van der Waals surface area (Å²) in [4.78, 5) is 7.00. The van der Waals surface area contributed by atoms with Crippen LogP contribution in [0.15, 0.2) is 24.3 Å². The number of benzene rings is 1.